The Bertz CT molecular complexity index is 427. The van der Waals surface area contributed by atoms with Crippen LogP contribution in [0.5, 0.6) is 0 Å². The lowest BCUT2D eigenvalue weighted by Gasteiger charge is -2.29. The van der Waals surface area contributed by atoms with Crippen LogP contribution in [0.4, 0.5) is 0 Å². The third-order valence-corrected chi connectivity index (χ3v) is 3.39. The summed E-state index contributed by atoms with van der Waals surface area (Å²) in [5, 5.41) is 0. The highest BCUT2D eigenvalue weighted by Crippen LogP contribution is 2.17. The Morgan fingerprint density at radius 3 is 2.14 bits per heavy atom. The second kappa shape index (κ2) is 9.38. The van der Waals surface area contributed by atoms with Gasteiger partial charge in [-0.1, -0.05) is 58.2 Å². The summed E-state index contributed by atoms with van der Waals surface area (Å²) in [7, 11) is 0. The third kappa shape index (κ3) is 6.61. The fourth-order valence-corrected chi connectivity index (χ4v) is 2.12. The highest BCUT2D eigenvalue weighted by Gasteiger charge is 2.20. The van der Waals surface area contributed by atoms with Crippen molar-refractivity contribution in [1.29, 1.82) is 0 Å². The van der Waals surface area contributed by atoms with E-state index in [1.165, 1.54) is 11.6 Å². The topological polar surface area (TPSA) is 20.3 Å². The van der Waals surface area contributed by atoms with Crippen molar-refractivity contribution < 1.29 is 4.79 Å². The Morgan fingerprint density at radius 1 is 1.19 bits per heavy atom. The van der Waals surface area contributed by atoms with Gasteiger partial charge in [-0.2, -0.15) is 0 Å². The number of carbonyl (C=O) groups excluding carboxylic acids is 1. The second-order valence-corrected chi connectivity index (χ2v) is 6.08. The zero-order valence-corrected chi connectivity index (χ0v) is 14.5. The van der Waals surface area contributed by atoms with Gasteiger partial charge in [0.1, 0.15) is 0 Å². The van der Waals surface area contributed by atoms with Crippen LogP contribution in [0, 0.1) is 11.8 Å². The summed E-state index contributed by atoms with van der Waals surface area (Å²) in [4.78, 5) is 14.2. The molecule has 2 nitrogen and oxygen atoms in total. The maximum Gasteiger partial charge on any atom is 0.253 e. The molecular formula is C19H31NO. The third-order valence-electron chi connectivity index (χ3n) is 3.39. The van der Waals surface area contributed by atoms with E-state index in [-0.39, 0.29) is 11.9 Å². The number of hydrogen-bond acceptors (Lipinski definition) is 1. The SMILES string of the molecule is C=CC(=C)C(=O)N(CC(C)/C=C(\C=C/C)C(C)C)C(C)C. The molecule has 0 aromatic carbocycles. The van der Waals surface area contributed by atoms with E-state index in [1.807, 2.05) is 25.7 Å². The van der Waals surface area contributed by atoms with E-state index in [0.29, 0.717) is 24.0 Å². The first-order valence-corrected chi connectivity index (χ1v) is 7.71. The molecular weight excluding hydrogens is 258 g/mol. The van der Waals surface area contributed by atoms with Gasteiger partial charge in [0.05, 0.1) is 0 Å². The Balaban J connectivity index is 5.10. The van der Waals surface area contributed by atoms with Crippen molar-refractivity contribution >= 4 is 5.91 Å². The molecule has 0 N–H and O–H groups in total. The quantitative estimate of drug-likeness (QED) is 0.466. The monoisotopic (exact) mass is 289 g/mol. The molecule has 1 atom stereocenters. The summed E-state index contributed by atoms with van der Waals surface area (Å²) in [6, 6.07) is 0.147. The van der Waals surface area contributed by atoms with Crippen molar-refractivity contribution in [2.75, 3.05) is 6.54 Å². The normalized spacial score (nSPS) is 13.8. The Morgan fingerprint density at radius 2 is 1.76 bits per heavy atom. The van der Waals surface area contributed by atoms with Gasteiger partial charge in [-0.3, -0.25) is 4.79 Å². The molecule has 0 heterocycles. The van der Waals surface area contributed by atoms with Gasteiger partial charge in [0.15, 0.2) is 0 Å². The van der Waals surface area contributed by atoms with Crippen LogP contribution in [-0.2, 0) is 4.79 Å². The molecule has 0 aromatic heterocycles. The van der Waals surface area contributed by atoms with Crippen molar-refractivity contribution in [3.8, 4) is 0 Å². The summed E-state index contributed by atoms with van der Waals surface area (Å²) in [5.74, 6) is 0.745. The second-order valence-electron chi connectivity index (χ2n) is 6.08. The maximum absolute atomic E-state index is 12.3. The van der Waals surface area contributed by atoms with Crippen LogP contribution in [-0.4, -0.2) is 23.4 Å². The van der Waals surface area contributed by atoms with Gasteiger partial charge in [0.2, 0.25) is 0 Å². The van der Waals surface area contributed by atoms with E-state index < -0.39 is 0 Å². The van der Waals surface area contributed by atoms with E-state index in [9.17, 15) is 4.79 Å². The number of nitrogens with zero attached hydrogens (tertiary/aromatic N) is 1. The van der Waals surface area contributed by atoms with Crippen LogP contribution in [0.1, 0.15) is 41.5 Å². The number of amides is 1. The van der Waals surface area contributed by atoms with Crippen LogP contribution in [0.25, 0.3) is 0 Å². The summed E-state index contributed by atoms with van der Waals surface area (Å²) in [6.45, 7) is 20.7. The number of carbonyl (C=O) groups is 1. The first-order chi connectivity index (χ1) is 9.74. The minimum Gasteiger partial charge on any atom is -0.336 e. The first-order valence-electron chi connectivity index (χ1n) is 7.71. The van der Waals surface area contributed by atoms with Crippen molar-refractivity contribution in [2.24, 2.45) is 11.8 Å². The van der Waals surface area contributed by atoms with Crippen molar-refractivity contribution in [3.05, 3.63) is 48.6 Å². The minimum absolute atomic E-state index is 0.0302. The number of rotatable bonds is 8. The van der Waals surface area contributed by atoms with Crippen LogP contribution in [0.2, 0.25) is 0 Å². The molecule has 118 valence electrons. The van der Waals surface area contributed by atoms with E-state index in [1.54, 1.807) is 0 Å². The van der Waals surface area contributed by atoms with E-state index in [2.05, 4.69) is 52.2 Å². The van der Waals surface area contributed by atoms with Crippen molar-refractivity contribution in [3.63, 3.8) is 0 Å². The summed E-state index contributed by atoms with van der Waals surface area (Å²) in [5.41, 5.74) is 1.76. The summed E-state index contributed by atoms with van der Waals surface area (Å²) in [6.07, 6.45) is 7.98. The van der Waals surface area contributed by atoms with Gasteiger partial charge < -0.3 is 4.90 Å². The predicted molar refractivity (Wildman–Crippen MR) is 93.1 cm³/mol. The fraction of sp³-hybridized carbons (Fsp3) is 0.526. The lowest BCUT2D eigenvalue weighted by Crippen LogP contribution is -2.40. The molecule has 0 aliphatic heterocycles. The van der Waals surface area contributed by atoms with Crippen molar-refractivity contribution in [2.45, 2.75) is 47.6 Å². The lowest BCUT2D eigenvalue weighted by molar-refractivity contribution is -0.128. The van der Waals surface area contributed by atoms with Crippen LogP contribution in [0.15, 0.2) is 48.6 Å². The molecule has 0 saturated heterocycles. The molecule has 2 heteroatoms. The molecule has 0 saturated carbocycles. The first kappa shape index (κ1) is 19.4. The van der Waals surface area contributed by atoms with Gasteiger partial charge in [-0.05, 0) is 38.2 Å². The molecule has 0 radical (unpaired) electrons. The number of allylic oxidation sites excluding steroid dienone is 3. The minimum atomic E-state index is -0.0302. The molecule has 0 spiro atoms. The zero-order chi connectivity index (χ0) is 16.6. The molecule has 0 aliphatic carbocycles. The maximum atomic E-state index is 12.3. The van der Waals surface area contributed by atoms with Gasteiger partial charge >= 0.3 is 0 Å². The van der Waals surface area contributed by atoms with Gasteiger partial charge in [0, 0.05) is 18.2 Å². The Kier molecular flexibility index (Phi) is 8.68. The van der Waals surface area contributed by atoms with Crippen LogP contribution in [0.3, 0.4) is 0 Å². The van der Waals surface area contributed by atoms with Gasteiger partial charge in [-0.15, -0.1) is 0 Å². The van der Waals surface area contributed by atoms with E-state index >= 15 is 0 Å². The van der Waals surface area contributed by atoms with Crippen molar-refractivity contribution in [1.82, 2.24) is 4.90 Å². The van der Waals surface area contributed by atoms with E-state index in [0.717, 1.165) is 0 Å². The molecule has 1 amide bonds. The highest BCUT2D eigenvalue weighted by molar-refractivity contribution is 5.95. The van der Waals surface area contributed by atoms with Crippen LogP contribution >= 0.6 is 0 Å². The van der Waals surface area contributed by atoms with Gasteiger partial charge in [-0.25, -0.2) is 0 Å². The smallest absolute Gasteiger partial charge is 0.253 e. The zero-order valence-electron chi connectivity index (χ0n) is 14.5. The van der Waals surface area contributed by atoms with Gasteiger partial charge in [0.25, 0.3) is 5.91 Å². The molecule has 1 unspecified atom stereocenters. The highest BCUT2D eigenvalue weighted by atomic mass is 16.2. The molecule has 0 aromatic rings. The molecule has 0 bridgehead atoms. The van der Waals surface area contributed by atoms with E-state index in [4.69, 9.17) is 0 Å². The lowest BCUT2D eigenvalue weighted by atomic mass is 9.97. The largest absolute Gasteiger partial charge is 0.336 e. The molecule has 0 rings (SSSR count). The Labute approximate surface area is 130 Å². The standard InChI is InChI=1S/C19H31NO/c1-9-11-18(14(3)4)12-16(7)13-20(15(5)6)19(21)17(8)10-2/h9-12,14-16H,2,8,13H2,1,3-7H3/b11-9-,18-12+. The number of hydrogen-bond donors (Lipinski definition) is 0. The fourth-order valence-electron chi connectivity index (χ4n) is 2.12. The molecule has 21 heavy (non-hydrogen) atoms. The average molecular weight is 289 g/mol. The van der Waals surface area contributed by atoms with Crippen LogP contribution < -0.4 is 0 Å². The predicted octanol–water partition coefficient (Wildman–Crippen LogP) is 4.76. The summed E-state index contributed by atoms with van der Waals surface area (Å²) >= 11 is 0. The molecule has 0 fully saturated rings. The Hall–Kier alpha value is -1.57. The summed E-state index contributed by atoms with van der Waals surface area (Å²) < 4.78 is 0. The average Bonchev–Trinajstić information content (AvgIpc) is 2.42. The molecule has 0 aliphatic rings.